The number of hydrogen-bond acceptors (Lipinski definition) is 2. The van der Waals surface area contributed by atoms with Gasteiger partial charge in [-0.1, -0.05) is 15.9 Å². The van der Waals surface area contributed by atoms with Gasteiger partial charge in [0.1, 0.15) is 11.6 Å². The van der Waals surface area contributed by atoms with Crippen LogP contribution in [0.5, 0.6) is 5.75 Å². The molecule has 108 valence electrons. The van der Waals surface area contributed by atoms with Gasteiger partial charge in [-0.3, -0.25) is 4.79 Å². The van der Waals surface area contributed by atoms with Gasteiger partial charge >= 0.3 is 0 Å². The lowest BCUT2D eigenvalue weighted by atomic mass is 9.97. The number of ketones is 1. The number of fused-ring (bicyclic) bond motifs is 1. The molecule has 2 aromatic carbocycles. The SMILES string of the molecule is Cc1cc(F)ccc1C(=O)Cc1cc(Br)cc2c1OCC2. The molecule has 0 aromatic heterocycles. The van der Waals surface area contributed by atoms with Crippen molar-refractivity contribution in [2.24, 2.45) is 0 Å². The molecule has 0 amide bonds. The van der Waals surface area contributed by atoms with Crippen molar-refractivity contribution in [1.29, 1.82) is 0 Å². The highest BCUT2D eigenvalue weighted by atomic mass is 79.9. The molecule has 3 rings (SSSR count). The molecular weight excluding hydrogens is 335 g/mol. The van der Waals surface area contributed by atoms with E-state index in [1.165, 1.54) is 12.1 Å². The number of hydrogen-bond donors (Lipinski definition) is 0. The minimum Gasteiger partial charge on any atom is -0.493 e. The lowest BCUT2D eigenvalue weighted by Crippen LogP contribution is -2.07. The Kier molecular flexibility index (Phi) is 3.81. The zero-order valence-corrected chi connectivity index (χ0v) is 13.2. The molecule has 0 saturated carbocycles. The maximum atomic E-state index is 13.1. The van der Waals surface area contributed by atoms with Crippen molar-refractivity contribution in [2.75, 3.05) is 6.61 Å². The van der Waals surface area contributed by atoms with Crippen LogP contribution >= 0.6 is 15.9 Å². The summed E-state index contributed by atoms with van der Waals surface area (Å²) in [5, 5.41) is 0. The normalized spacial score (nSPS) is 12.9. The fourth-order valence-corrected chi connectivity index (χ4v) is 3.24. The smallest absolute Gasteiger partial charge is 0.167 e. The van der Waals surface area contributed by atoms with Crippen LogP contribution in [0.25, 0.3) is 0 Å². The molecule has 0 unspecified atom stereocenters. The van der Waals surface area contributed by atoms with E-state index >= 15 is 0 Å². The first kappa shape index (κ1) is 14.3. The van der Waals surface area contributed by atoms with Crippen LogP contribution < -0.4 is 4.74 Å². The highest BCUT2D eigenvalue weighted by Crippen LogP contribution is 2.33. The summed E-state index contributed by atoms with van der Waals surface area (Å²) in [6.07, 6.45) is 1.12. The molecule has 0 atom stereocenters. The molecule has 2 aromatic rings. The molecule has 1 heterocycles. The standard InChI is InChI=1S/C17H14BrFO2/c1-10-6-14(19)2-3-15(10)16(20)9-12-8-13(18)7-11-4-5-21-17(11)12/h2-3,6-8H,4-5,9H2,1H3. The highest BCUT2D eigenvalue weighted by Gasteiger charge is 2.20. The monoisotopic (exact) mass is 348 g/mol. The summed E-state index contributed by atoms with van der Waals surface area (Å²) < 4.78 is 19.7. The molecule has 2 nitrogen and oxygen atoms in total. The maximum absolute atomic E-state index is 13.1. The third-order valence-corrected chi connectivity index (χ3v) is 4.12. The first-order chi connectivity index (χ1) is 10.0. The Labute approximate surface area is 131 Å². The van der Waals surface area contributed by atoms with E-state index in [1.807, 2.05) is 12.1 Å². The van der Waals surface area contributed by atoms with E-state index < -0.39 is 0 Å². The van der Waals surface area contributed by atoms with Gasteiger partial charge in [-0.05, 0) is 48.4 Å². The second-order valence-electron chi connectivity index (χ2n) is 5.21. The van der Waals surface area contributed by atoms with Crippen molar-refractivity contribution in [3.05, 3.63) is 62.9 Å². The van der Waals surface area contributed by atoms with Crippen LogP contribution in [0.2, 0.25) is 0 Å². The van der Waals surface area contributed by atoms with Crippen molar-refractivity contribution < 1.29 is 13.9 Å². The van der Waals surface area contributed by atoms with Crippen LogP contribution in [0.4, 0.5) is 4.39 Å². The summed E-state index contributed by atoms with van der Waals surface area (Å²) in [6, 6.07) is 8.20. The van der Waals surface area contributed by atoms with E-state index in [4.69, 9.17) is 4.74 Å². The van der Waals surface area contributed by atoms with Gasteiger partial charge < -0.3 is 4.74 Å². The molecule has 1 aliphatic heterocycles. The number of halogens is 2. The summed E-state index contributed by atoms with van der Waals surface area (Å²) in [5.41, 5.74) is 3.23. The minimum absolute atomic E-state index is 0.0247. The number of benzene rings is 2. The molecule has 0 fully saturated rings. The van der Waals surface area contributed by atoms with Crippen LogP contribution in [0.3, 0.4) is 0 Å². The quantitative estimate of drug-likeness (QED) is 0.774. The summed E-state index contributed by atoms with van der Waals surface area (Å²) in [5.74, 6) is 0.477. The van der Waals surface area contributed by atoms with Gasteiger partial charge in [-0.2, -0.15) is 0 Å². The highest BCUT2D eigenvalue weighted by molar-refractivity contribution is 9.10. The molecule has 0 spiro atoms. The second-order valence-corrected chi connectivity index (χ2v) is 6.13. The lowest BCUT2D eigenvalue weighted by Gasteiger charge is -2.10. The van der Waals surface area contributed by atoms with Crippen LogP contribution in [0, 0.1) is 12.7 Å². The third-order valence-electron chi connectivity index (χ3n) is 3.67. The van der Waals surface area contributed by atoms with Crippen molar-refractivity contribution in [3.8, 4) is 5.75 Å². The fraction of sp³-hybridized carbons (Fsp3) is 0.235. The fourth-order valence-electron chi connectivity index (χ4n) is 2.69. The summed E-state index contributed by atoms with van der Waals surface area (Å²) in [4.78, 5) is 12.5. The molecule has 0 radical (unpaired) electrons. The molecular formula is C17H14BrFO2. The van der Waals surface area contributed by atoms with Crippen LogP contribution in [-0.2, 0) is 12.8 Å². The first-order valence-corrected chi connectivity index (χ1v) is 7.57. The summed E-state index contributed by atoms with van der Waals surface area (Å²) in [6.45, 7) is 2.40. The molecule has 0 aliphatic carbocycles. The average Bonchev–Trinajstić information content (AvgIpc) is 2.86. The van der Waals surface area contributed by atoms with E-state index in [0.717, 1.165) is 27.8 Å². The summed E-state index contributed by atoms with van der Waals surface area (Å²) in [7, 11) is 0. The van der Waals surface area contributed by atoms with Gasteiger partial charge in [0.2, 0.25) is 0 Å². The number of carbonyl (C=O) groups is 1. The Morgan fingerprint density at radius 2 is 2.14 bits per heavy atom. The summed E-state index contributed by atoms with van der Waals surface area (Å²) >= 11 is 3.47. The van der Waals surface area contributed by atoms with E-state index in [2.05, 4.69) is 15.9 Å². The lowest BCUT2D eigenvalue weighted by molar-refractivity contribution is 0.0991. The van der Waals surface area contributed by atoms with Gasteiger partial charge in [0.15, 0.2) is 5.78 Å². The van der Waals surface area contributed by atoms with Gasteiger partial charge in [0.25, 0.3) is 0 Å². The Balaban J connectivity index is 1.92. The Morgan fingerprint density at radius 3 is 2.90 bits per heavy atom. The van der Waals surface area contributed by atoms with Crippen LogP contribution in [0.15, 0.2) is 34.8 Å². The largest absolute Gasteiger partial charge is 0.493 e. The van der Waals surface area contributed by atoms with Gasteiger partial charge in [0, 0.05) is 28.4 Å². The van der Waals surface area contributed by atoms with Crippen molar-refractivity contribution in [3.63, 3.8) is 0 Å². The number of rotatable bonds is 3. The Bertz CT molecular complexity index is 725. The van der Waals surface area contributed by atoms with E-state index in [-0.39, 0.29) is 18.0 Å². The molecule has 0 N–H and O–H groups in total. The van der Waals surface area contributed by atoms with E-state index in [1.54, 1.807) is 13.0 Å². The molecule has 1 aliphatic rings. The van der Waals surface area contributed by atoms with Gasteiger partial charge in [0.05, 0.1) is 6.61 Å². The Hall–Kier alpha value is -1.68. The van der Waals surface area contributed by atoms with Crippen LogP contribution in [-0.4, -0.2) is 12.4 Å². The third kappa shape index (κ3) is 2.86. The molecule has 21 heavy (non-hydrogen) atoms. The predicted octanol–water partition coefficient (Wildman–Crippen LogP) is 4.26. The molecule has 4 heteroatoms. The number of aryl methyl sites for hydroxylation is 1. The van der Waals surface area contributed by atoms with E-state index in [9.17, 15) is 9.18 Å². The zero-order chi connectivity index (χ0) is 15.0. The van der Waals surface area contributed by atoms with Gasteiger partial charge in [-0.15, -0.1) is 0 Å². The van der Waals surface area contributed by atoms with Crippen molar-refractivity contribution in [2.45, 2.75) is 19.8 Å². The maximum Gasteiger partial charge on any atom is 0.167 e. The number of ether oxygens (including phenoxy) is 1. The first-order valence-electron chi connectivity index (χ1n) is 6.78. The minimum atomic E-state index is -0.323. The number of carbonyl (C=O) groups excluding carboxylic acids is 1. The van der Waals surface area contributed by atoms with Crippen molar-refractivity contribution in [1.82, 2.24) is 0 Å². The van der Waals surface area contributed by atoms with Crippen molar-refractivity contribution >= 4 is 21.7 Å². The second kappa shape index (κ2) is 5.60. The topological polar surface area (TPSA) is 26.3 Å². The van der Waals surface area contributed by atoms with Crippen LogP contribution in [0.1, 0.15) is 27.0 Å². The zero-order valence-electron chi connectivity index (χ0n) is 11.6. The predicted molar refractivity (Wildman–Crippen MR) is 82.5 cm³/mol. The number of Topliss-reactive ketones (excluding diaryl/α,β-unsaturated/α-hetero) is 1. The van der Waals surface area contributed by atoms with E-state index in [0.29, 0.717) is 17.7 Å². The molecule has 0 saturated heterocycles. The molecule has 0 bridgehead atoms. The van der Waals surface area contributed by atoms with Gasteiger partial charge in [-0.25, -0.2) is 4.39 Å². The average molecular weight is 349 g/mol. The Morgan fingerprint density at radius 1 is 1.33 bits per heavy atom.